The fraction of sp³-hybridized carbons (Fsp3) is 0.739. The first-order chi connectivity index (χ1) is 11.7. The van der Waals surface area contributed by atoms with Gasteiger partial charge in [-0.05, 0) is 61.5 Å². The van der Waals surface area contributed by atoms with Crippen molar-refractivity contribution in [3.63, 3.8) is 0 Å². The van der Waals surface area contributed by atoms with Crippen molar-refractivity contribution in [2.45, 2.75) is 72.8 Å². The molecule has 1 aliphatic carbocycles. The smallest absolute Gasteiger partial charge is 0.0402 e. The van der Waals surface area contributed by atoms with Gasteiger partial charge in [0.1, 0.15) is 0 Å². The average Bonchev–Trinajstić information content (AvgIpc) is 2.52. The molecule has 1 aromatic carbocycles. The Kier molecular flexibility index (Phi) is 6.72. The second kappa shape index (κ2) is 8.10. The molecular weight excluding hydrogens is 340 g/mol. The standard InChI is InChI=1S/C23H38N2.ClH/c1-18(2)24-11-13-25(14-12-24)21-10-8-7-9-20(21)19-15-22(3,4)17-23(5,6)16-19;/h7-10,18-19H,11-17H2,1-6H3;1H. The molecule has 1 aromatic rings. The van der Waals surface area contributed by atoms with Gasteiger partial charge in [-0.2, -0.15) is 0 Å². The molecule has 148 valence electrons. The van der Waals surface area contributed by atoms with Crippen LogP contribution in [0.25, 0.3) is 0 Å². The van der Waals surface area contributed by atoms with Gasteiger partial charge in [0, 0.05) is 37.9 Å². The largest absolute Gasteiger partial charge is 0.369 e. The van der Waals surface area contributed by atoms with Crippen LogP contribution in [0.15, 0.2) is 24.3 Å². The number of rotatable bonds is 3. The number of halogens is 1. The van der Waals surface area contributed by atoms with Gasteiger partial charge in [0.15, 0.2) is 0 Å². The zero-order valence-corrected chi connectivity index (χ0v) is 18.5. The third kappa shape index (κ3) is 4.95. The summed E-state index contributed by atoms with van der Waals surface area (Å²) < 4.78 is 0. The highest BCUT2D eigenvalue weighted by molar-refractivity contribution is 5.85. The van der Waals surface area contributed by atoms with Crippen LogP contribution in [-0.4, -0.2) is 37.1 Å². The molecule has 26 heavy (non-hydrogen) atoms. The quantitative estimate of drug-likeness (QED) is 0.640. The molecule has 0 unspecified atom stereocenters. The van der Waals surface area contributed by atoms with E-state index >= 15 is 0 Å². The lowest BCUT2D eigenvalue weighted by atomic mass is 9.60. The van der Waals surface area contributed by atoms with Gasteiger partial charge in [0.25, 0.3) is 0 Å². The van der Waals surface area contributed by atoms with Crippen molar-refractivity contribution in [1.82, 2.24) is 4.90 Å². The first kappa shape index (κ1) is 21.6. The van der Waals surface area contributed by atoms with E-state index in [1.54, 1.807) is 5.56 Å². The minimum atomic E-state index is 0. The first-order valence-corrected chi connectivity index (χ1v) is 10.2. The van der Waals surface area contributed by atoms with Gasteiger partial charge in [-0.15, -0.1) is 12.4 Å². The Labute approximate surface area is 167 Å². The van der Waals surface area contributed by atoms with Crippen LogP contribution in [0.2, 0.25) is 0 Å². The predicted molar refractivity (Wildman–Crippen MR) is 117 cm³/mol. The summed E-state index contributed by atoms with van der Waals surface area (Å²) in [5.74, 6) is 0.693. The van der Waals surface area contributed by atoms with E-state index in [1.807, 2.05) is 0 Å². The molecule has 0 spiro atoms. The van der Waals surface area contributed by atoms with Gasteiger partial charge < -0.3 is 4.90 Å². The maximum atomic E-state index is 2.64. The van der Waals surface area contributed by atoms with Crippen molar-refractivity contribution in [3.05, 3.63) is 29.8 Å². The molecule has 3 rings (SSSR count). The summed E-state index contributed by atoms with van der Waals surface area (Å²) in [7, 11) is 0. The Morgan fingerprint density at radius 1 is 0.885 bits per heavy atom. The molecule has 2 aliphatic rings. The van der Waals surface area contributed by atoms with Crippen LogP contribution in [0.3, 0.4) is 0 Å². The normalized spacial score (nSPS) is 23.7. The molecule has 1 saturated heterocycles. The molecule has 0 amide bonds. The van der Waals surface area contributed by atoms with Crippen LogP contribution in [0.1, 0.15) is 72.3 Å². The molecule has 1 saturated carbocycles. The Morgan fingerprint density at radius 2 is 1.42 bits per heavy atom. The summed E-state index contributed by atoms with van der Waals surface area (Å²) >= 11 is 0. The molecule has 0 atom stereocenters. The second-order valence-corrected chi connectivity index (χ2v) is 10.3. The highest BCUT2D eigenvalue weighted by Crippen LogP contribution is 2.53. The fourth-order valence-corrected chi connectivity index (χ4v) is 5.67. The Bertz CT molecular complexity index is 570. The second-order valence-electron chi connectivity index (χ2n) is 10.3. The number of anilines is 1. The highest BCUT2D eigenvalue weighted by Gasteiger charge is 2.39. The molecule has 2 nitrogen and oxygen atoms in total. The number of benzene rings is 1. The Morgan fingerprint density at radius 3 is 1.96 bits per heavy atom. The molecule has 2 fully saturated rings. The lowest BCUT2D eigenvalue weighted by molar-refractivity contribution is 0.0969. The van der Waals surface area contributed by atoms with Gasteiger partial charge in [-0.3, -0.25) is 4.90 Å². The predicted octanol–water partition coefficient (Wildman–Crippen LogP) is 5.96. The van der Waals surface area contributed by atoms with Gasteiger partial charge in [0.2, 0.25) is 0 Å². The average molecular weight is 379 g/mol. The minimum absolute atomic E-state index is 0. The number of hydrogen-bond acceptors (Lipinski definition) is 2. The lowest BCUT2D eigenvalue weighted by Crippen LogP contribution is -2.49. The molecule has 1 heterocycles. The topological polar surface area (TPSA) is 6.48 Å². The van der Waals surface area contributed by atoms with Crippen molar-refractivity contribution in [2.75, 3.05) is 31.1 Å². The lowest BCUT2D eigenvalue weighted by Gasteiger charge is -2.46. The van der Waals surface area contributed by atoms with Gasteiger partial charge in [0.05, 0.1) is 0 Å². The van der Waals surface area contributed by atoms with Crippen molar-refractivity contribution in [3.8, 4) is 0 Å². The molecule has 1 aliphatic heterocycles. The molecule has 0 N–H and O–H groups in total. The number of piperazine rings is 1. The summed E-state index contributed by atoms with van der Waals surface area (Å²) in [5.41, 5.74) is 3.98. The third-order valence-electron chi connectivity index (χ3n) is 6.32. The summed E-state index contributed by atoms with van der Waals surface area (Å²) in [6.45, 7) is 19.2. The highest BCUT2D eigenvalue weighted by atomic mass is 35.5. The Balaban J connectivity index is 0.00000243. The summed E-state index contributed by atoms with van der Waals surface area (Å²) in [6.07, 6.45) is 3.98. The van der Waals surface area contributed by atoms with Gasteiger partial charge in [-0.25, -0.2) is 0 Å². The van der Waals surface area contributed by atoms with Crippen molar-refractivity contribution in [1.29, 1.82) is 0 Å². The van der Waals surface area contributed by atoms with Crippen LogP contribution in [0.4, 0.5) is 5.69 Å². The number of para-hydroxylation sites is 1. The van der Waals surface area contributed by atoms with E-state index in [0.29, 0.717) is 22.8 Å². The van der Waals surface area contributed by atoms with Crippen molar-refractivity contribution in [2.24, 2.45) is 10.8 Å². The minimum Gasteiger partial charge on any atom is -0.369 e. The van der Waals surface area contributed by atoms with Gasteiger partial charge in [-0.1, -0.05) is 45.9 Å². The van der Waals surface area contributed by atoms with E-state index in [2.05, 4.69) is 75.6 Å². The van der Waals surface area contributed by atoms with Crippen LogP contribution in [-0.2, 0) is 0 Å². The van der Waals surface area contributed by atoms with Crippen molar-refractivity contribution >= 4 is 18.1 Å². The van der Waals surface area contributed by atoms with E-state index in [0.717, 1.165) is 13.1 Å². The maximum absolute atomic E-state index is 2.64. The van der Waals surface area contributed by atoms with Gasteiger partial charge >= 0.3 is 0 Å². The molecule has 0 aromatic heterocycles. The SMILES string of the molecule is CC(C)N1CCN(c2ccccc2C2CC(C)(C)CC(C)(C)C2)CC1.Cl. The van der Waals surface area contributed by atoms with Crippen LogP contribution < -0.4 is 4.90 Å². The zero-order chi connectivity index (χ0) is 18.2. The van der Waals surface area contributed by atoms with E-state index < -0.39 is 0 Å². The van der Waals surface area contributed by atoms with E-state index in [4.69, 9.17) is 0 Å². The molecule has 3 heteroatoms. The van der Waals surface area contributed by atoms with Crippen LogP contribution in [0.5, 0.6) is 0 Å². The van der Waals surface area contributed by atoms with E-state index in [-0.39, 0.29) is 12.4 Å². The van der Waals surface area contributed by atoms with E-state index in [1.165, 1.54) is 38.0 Å². The number of nitrogens with zero attached hydrogens (tertiary/aromatic N) is 2. The van der Waals surface area contributed by atoms with Crippen LogP contribution >= 0.6 is 12.4 Å². The summed E-state index contributed by atoms with van der Waals surface area (Å²) in [5, 5.41) is 0. The summed E-state index contributed by atoms with van der Waals surface area (Å²) in [6, 6.07) is 9.92. The van der Waals surface area contributed by atoms with Crippen LogP contribution in [0, 0.1) is 10.8 Å². The maximum Gasteiger partial charge on any atom is 0.0402 e. The monoisotopic (exact) mass is 378 g/mol. The number of hydrogen-bond donors (Lipinski definition) is 0. The first-order valence-electron chi connectivity index (χ1n) is 10.2. The molecular formula is C23H39ClN2. The molecule has 0 bridgehead atoms. The zero-order valence-electron chi connectivity index (χ0n) is 17.7. The fourth-order valence-electron chi connectivity index (χ4n) is 5.67. The van der Waals surface area contributed by atoms with Crippen molar-refractivity contribution < 1.29 is 0 Å². The third-order valence-corrected chi connectivity index (χ3v) is 6.32. The summed E-state index contributed by atoms with van der Waals surface area (Å²) in [4.78, 5) is 5.24. The molecule has 0 radical (unpaired) electrons. The van der Waals surface area contributed by atoms with E-state index in [9.17, 15) is 0 Å². The Hall–Kier alpha value is -0.730.